The van der Waals surface area contributed by atoms with Crippen molar-refractivity contribution in [2.24, 2.45) is 0 Å². The van der Waals surface area contributed by atoms with Gasteiger partial charge in [-0.05, 0) is 63.5 Å². The van der Waals surface area contributed by atoms with E-state index in [1.165, 1.54) is 44.5 Å². The molecule has 0 aromatic heterocycles. The smallest absolute Gasteiger partial charge is 0.0480 e. The van der Waals surface area contributed by atoms with Crippen LogP contribution in [0, 0.1) is 6.92 Å². The fourth-order valence-electron chi connectivity index (χ4n) is 2.50. The number of rotatable bonds is 6. The average Bonchev–Trinajstić information content (AvgIpc) is 2.87. The minimum atomic E-state index is 0.876. The van der Waals surface area contributed by atoms with E-state index in [4.69, 9.17) is 11.6 Å². The molecule has 0 bridgehead atoms. The van der Waals surface area contributed by atoms with E-state index in [9.17, 15) is 0 Å². The average molecular weight is 267 g/mol. The van der Waals surface area contributed by atoms with Gasteiger partial charge < -0.3 is 10.2 Å². The van der Waals surface area contributed by atoms with Gasteiger partial charge in [0.25, 0.3) is 0 Å². The molecule has 0 saturated carbocycles. The third kappa shape index (κ3) is 3.98. The van der Waals surface area contributed by atoms with E-state index < -0.39 is 0 Å². The fraction of sp³-hybridized carbons (Fsp3) is 0.600. The van der Waals surface area contributed by atoms with Crippen LogP contribution in [0.2, 0.25) is 5.02 Å². The predicted octanol–water partition coefficient (Wildman–Crippen LogP) is 3.22. The summed E-state index contributed by atoms with van der Waals surface area (Å²) < 4.78 is 0. The Morgan fingerprint density at radius 3 is 2.83 bits per heavy atom. The first-order chi connectivity index (χ1) is 8.77. The van der Waals surface area contributed by atoms with Crippen molar-refractivity contribution < 1.29 is 0 Å². The molecule has 0 unspecified atom stereocenters. The van der Waals surface area contributed by atoms with Gasteiger partial charge in [-0.2, -0.15) is 0 Å². The van der Waals surface area contributed by atoms with Crippen molar-refractivity contribution in [2.45, 2.75) is 32.7 Å². The first kappa shape index (κ1) is 13.9. The number of hydrogen-bond acceptors (Lipinski definition) is 2. The third-order valence-electron chi connectivity index (χ3n) is 3.61. The molecule has 0 amide bonds. The number of halogens is 1. The van der Waals surface area contributed by atoms with Crippen LogP contribution in [-0.4, -0.2) is 31.1 Å². The highest BCUT2D eigenvalue weighted by atomic mass is 35.5. The van der Waals surface area contributed by atoms with E-state index in [0.29, 0.717) is 0 Å². The van der Waals surface area contributed by atoms with Gasteiger partial charge in [-0.25, -0.2) is 0 Å². The molecule has 1 aliphatic rings. The van der Waals surface area contributed by atoms with Gasteiger partial charge in [-0.15, -0.1) is 0 Å². The largest absolute Gasteiger partial charge is 0.313 e. The van der Waals surface area contributed by atoms with E-state index in [2.05, 4.69) is 35.3 Å². The maximum Gasteiger partial charge on any atom is 0.0480 e. The second-order valence-corrected chi connectivity index (χ2v) is 5.51. The molecular formula is C15H23ClN2. The maximum absolute atomic E-state index is 6.26. The van der Waals surface area contributed by atoms with Crippen molar-refractivity contribution in [2.75, 3.05) is 26.2 Å². The molecule has 1 saturated heterocycles. The molecule has 1 N–H and O–H groups in total. The molecule has 2 nitrogen and oxygen atoms in total. The molecule has 1 aliphatic heterocycles. The number of nitrogens with one attached hydrogen (secondary N) is 1. The molecule has 0 aliphatic carbocycles. The molecule has 0 radical (unpaired) electrons. The fourth-order valence-corrected chi connectivity index (χ4v) is 2.69. The van der Waals surface area contributed by atoms with E-state index in [-0.39, 0.29) is 0 Å². The number of benzene rings is 1. The van der Waals surface area contributed by atoms with E-state index >= 15 is 0 Å². The Morgan fingerprint density at radius 2 is 2.06 bits per heavy atom. The SMILES string of the molecule is Cc1cccc(CNCCCN2CCCC2)c1Cl. The van der Waals surface area contributed by atoms with Crippen LogP contribution in [-0.2, 0) is 6.54 Å². The van der Waals surface area contributed by atoms with Gasteiger partial charge in [0, 0.05) is 11.6 Å². The summed E-state index contributed by atoms with van der Waals surface area (Å²) >= 11 is 6.26. The Hall–Kier alpha value is -0.570. The summed E-state index contributed by atoms with van der Waals surface area (Å²) in [7, 11) is 0. The van der Waals surface area contributed by atoms with Crippen LogP contribution in [0.1, 0.15) is 30.4 Å². The number of aryl methyl sites for hydroxylation is 1. The zero-order valence-electron chi connectivity index (χ0n) is 11.2. The van der Waals surface area contributed by atoms with Crippen LogP contribution in [0.5, 0.6) is 0 Å². The summed E-state index contributed by atoms with van der Waals surface area (Å²) in [4.78, 5) is 2.56. The van der Waals surface area contributed by atoms with Crippen molar-refractivity contribution >= 4 is 11.6 Å². The van der Waals surface area contributed by atoms with Gasteiger partial charge >= 0.3 is 0 Å². The topological polar surface area (TPSA) is 15.3 Å². The van der Waals surface area contributed by atoms with Crippen LogP contribution >= 0.6 is 11.6 Å². The Bertz CT molecular complexity index is 373. The summed E-state index contributed by atoms with van der Waals surface area (Å²) in [5.41, 5.74) is 2.37. The lowest BCUT2D eigenvalue weighted by molar-refractivity contribution is 0.331. The Morgan fingerprint density at radius 1 is 1.28 bits per heavy atom. The van der Waals surface area contributed by atoms with Crippen LogP contribution in [0.3, 0.4) is 0 Å². The highest BCUT2D eigenvalue weighted by Gasteiger charge is 2.10. The number of likely N-dealkylation sites (tertiary alicyclic amines) is 1. The molecule has 0 spiro atoms. The number of nitrogens with zero attached hydrogens (tertiary/aromatic N) is 1. The lowest BCUT2D eigenvalue weighted by Crippen LogP contribution is -2.24. The normalized spacial score (nSPS) is 16.3. The van der Waals surface area contributed by atoms with Gasteiger partial charge in [0.2, 0.25) is 0 Å². The maximum atomic E-state index is 6.26. The van der Waals surface area contributed by atoms with Crippen LogP contribution in [0.25, 0.3) is 0 Å². The van der Waals surface area contributed by atoms with Gasteiger partial charge in [0.05, 0.1) is 0 Å². The summed E-state index contributed by atoms with van der Waals surface area (Å²) in [5, 5.41) is 4.39. The third-order valence-corrected chi connectivity index (χ3v) is 4.15. The van der Waals surface area contributed by atoms with E-state index in [0.717, 1.165) is 23.7 Å². The van der Waals surface area contributed by atoms with Crippen molar-refractivity contribution in [3.63, 3.8) is 0 Å². The predicted molar refractivity (Wildman–Crippen MR) is 78.2 cm³/mol. The quantitative estimate of drug-likeness (QED) is 0.796. The lowest BCUT2D eigenvalue weighted by atomic mass is 10.1. The molecular weight excluding hydrogens is 244 g/mol. The molecule has 3 heteroatoms. The van der Waals surface area contributed by atoms with Crippen molar-refractivity contribution in [3.8, 4) is 0 Å². The van der Waals surface area contributed by atoms with Gasteiger partial charge in [-0.3, -0.25) is 0 Å². The van der Waals surface area contributed by atoms with Gasteiger partial charge in [0.1, 0.15) is 0 Å². The number of hydrogen-bond donors (Lipinski definition) is 1. The second kappa shape index (κ2) is 7.13. The summed E-state index contributed by atoms with van der Waals surface area (Å²) in [6, 6.07) is 6.23. The molecule has 2 rings (SSSR count). The first-order valence-corrected chi connectivity index (χ1v) is 7.32. The minimum Gasteiger partial charge on any atom is -0.313 e. The van der Waals surface area contributed by atoms with Crippen molar-refractivity contribution in [3.05, 3.63) is 34.3 Å². The standard InChI is InChI=1S/C15H23ClN2/c1-13-6-4-7-14(15(13)16)12-17-8-5-11-18-9-2-3-10-18/h4,6-7,17H,2-3,5,8-12H2,1H3. The molecule has 1 fully saturated rings. The molecule has 1 heterocycles. The van der Waals surface area contributed by atoms with Gasteiger partial charge in [-0.1, -0.05) is 29.8 Å². The Kier molecular flexibility index (Phi) is 5.48. The lowest BCUT2D eigenvalue weighted by Gasteiger charge is -2.14. The zero-order valence-corrected chi connectivity index (χ0v) is 12.0. The molecule has 0 atom stereocenters. The molecule has 1 aromatic carbocycles. The molecule has 18 heavy (non-hydrogen) atoms. The monoisotopic (exact) mass is 266 g/mol. The Balaban J connectivity index is 1.64. The summed E-state index contributed by atoms with van der Waals surface area (Å²) in [5.74, 6) is 0. The zero-order chi connectivity index (χ0) is 12.8. The van der Waals surface area contributed by atoms with Crippen LogP contribution in [0.4, 0.5) is 0 Å². The van der Waals surface area contributed by atoms with Crippen LogP contribution in [0.15, 0.2) is 18.2 Å². The second-order valence-electron chi connectivity index (χ2n) is 5.13. The van der Waals surface area contributed by atoms with Crippen molar-refractivity contribution in [1.29, 1.82) is 0 Å². The minimum absolute atomic E-state index is 0.876. The van der Waals surface area contributed by atoms with Gasteiger partial charge in [0.15, 0.2) is 0 Å². The summed E-state index contributed by atoms with van der Waals surface area (Å²) in [6.45, 7) is 7.82. The highest BCUT2D eigenvalue weighted by molar-refractivity contribution is 6.32. The van der Waals surface area contributed by atoms with Crippen LogP contribution < -0.4 is 5.32 Å². The highest BCUT2D eigenvalue weighted by Crippen LogP contribution is 2.19. The summed E-state index contributed by atoms with van der Waals surface area (Å²) in [6.07, 6.45) is 3.99. The first-order valence-electron chi connectivity index (χ1n) is 6.94. The van der Waals surface area contributed by atoms with Crippen molar-refractivity contribution in [1.82, 2.24) is 10.2 Å². The molecule has 1 aromatic rings. The Labute approximate surface area is 115 Å². The van der Waals surface area contributed by atoms with E-state index in [1.807, 2.05) is 0 Å². The molecule has 100 valence electrons. The van der Waals surface area contributed by atoms with E-state index in [1.54, 1.807) is 0 Å².